The van der Waals surface area contributed by atoms with E-state index >= 15 is 0 Å². The number of nitrogens with zero attached hydrogens (tertiary/aromatic N) is 2. The highest BCUT2D eigenvalue weighted by Crippen LogP contribution is 2.18. The van der Waals surface area contributed by atoms with Gasteiger partial charge in [0, 0.05) is 25.0 Å². The third-order valence-electron chi connectivity index (χ3n) is 3.88. The van der Waals surface area contributed by atoms with Gasteiger partial charge in [-0.1, -0.05) is 0 Å². The second-order valence-electron chi connectivity index (χ2n) is 5.56. The van der Waals surface area contributed by atoms with Gasteiger partial charge in [0.05, 0.1) is 43.3 Å². The Balaban J connectivity index is 1.71. The van der Waals surface area contributed by atoms with Crippen molar-refractivity contribution in [2.75, 3.05) is 38.7 Å². The van der Waals surface area contributed by atoms with Crippen molar-refractivity contribution in [2.45, 2.75) is 0 Å². The Hall–Kier alpha value is -2.93. The first kappa shape index (κ1) is 16.9. The number of carbonyl (C=O) groups is 2. The summed E-state index contributed by atoms with van der Waals surface area (Å²) in [5.74, 6) is -0.438. The van der Waals surface area contributed by atoms with Crippen molar-refractivity contribution in [2.24, 2.45) is 0 Å². The predicted molar refractivity (Wildman–Crippen MR) is 92.0 cm³/mol. The Morgan fingerprint density at radius 3 is 2.48 bits per heavy atom. The molecule has 1 aromatic carbocycles. The first-order valence-electron chi connectivity index (χ1n) is 7.95. The minimum absolute atomic E-state index is 0.0551. The maximum atomic E-state index is 12.5. The number of morpholine rings is 1. The molecule has 2 heterocycles. The molecule has 0 bridgehead atoms. The van der Waals surface area contributed by atoms with Gasteiger partial charge in [0.15, 0.2) is 0 Å². The number of rotatable bonds is 4. The van der Waals surface area contributed by atoms with Crippen LogP contribution in [-0.4, -0.2) is 55.2 Å². The van der Waals surface area contributed by atoms with Crippen molar-refractivity contribution in [1.29, 1.82) is 0 Å². The van der Waals surface area contributed by atoms with Crippen LogP contribution in [0.3, 0.4) is 0 Å². The van der Waals surface area contributed by atoms with E-state index in [0.717, 1.165) is 5.69 Å². The van der Waals surface area contributed by atoms with Gasteiger partial charge in [-0.25, -0.2) is 4.79 Å². The van der Waals surface area contributed by atoms with Crippen LogP contribution < -0.4 is 5.32 Å². The first-order valence-corrected chi connectivity index (χ1v) is 7.95. The van der Waals surface area contributed by atoms with Gasteiger partial charge in [-0.3, -0.25) is 9.78 Å². The average Bonchev–Trinajstić information content (AvgIpc) is 2.68. The van der Waals surface area contributed by atoms with Crippen LogP contribution in [0.25, 0.3) is 0 Å². The summed E-state index contributed by atoms with van der Waals surface area (Å²) in [4.78, 5) is 29.9. The normalized spacial score (nSPS) is 14.0. The highest BCUT2D eigenvalue weighted by atomic mass is 16.5. The molecule has 1 aromatic heterocycles. The number of carbonyl (C=O) groups excluding carboxylic acids is 2. The Labute approximate surface area is 145 Å². The molecular formula is C18H19N3O4. The maximum absolute atomic E-state index is 12.5. The molecule has 1 fully saturated rings. The summed E-state index contributed by atoms with van der Waals surface area (Å²) in [5.41, 5.74) is 2.48. The molecule has 0 spiro atoms. The lowest BCUT2D eigenvalue weighted by Crippen LogP contribution is -2.40. The molecule has 0 unspecified atom stereocenters. The molecule has 0 aliphatic carbocycles. The summed E-state index contributed by atoms with van der Waals surface area (Å²) in [6, 6.07) is 8.64. The minimum atomic E-state index is -0.383. The number of esters is 1. The van der Waals surface area contributed by atoms with Crippen LogP contribution in [0.15, 0.2) is 42.7 Å². The summed E-state index contributed by atoms with van der Waals surface area (Å²) in [6.07, 6.45) is 3.20. The molecule has 1 aliphatic rings. The van der Waals surface area contributed by atoms with Crippen LogP contribution in [0.4, 0.5) is 11.4 Å². The number of hydrogen-bond acceptors (Lipinski definition) is 6. The SMILES string of the molecule is COC(=O)c1ccc(Nc2cncc(C(=O)N3CCOCC3)c2)cc1. The number of anilines is 2. The van der Waals surface area contributed by atoms with Gasteiger partial charge < -0.3 is 19.7 Å². The van der Waals surface area contributed by atoms with Crippen LogP contribution in [0.2, 0.25) is 0 Å². The second-order valence-corrected chi connectivity index (χ2v) is 5.56. The Morgan fingerprint density at radius 2 is 1.80 bits per heavy atom. The molecule has 0 atom stereocenters. The zero-order valence-corrected chi connectivity index (χ0v) is 13.9. The van der Waals surface area contributed by atoms with E-state index in [9.17, 15) is 9.59 Å². The Morgan fingerprint density at radius 1 is 1.08 bits per heavy atom. The predicted octanol–water partition coefficient (Wildman–Crippen LogP) is 2.08. The molecule has 3 rings (SSSR count). The monoisotopic (exact) mass is 341 g/mol. The van der Waals surface area contributed by atoms with E-state index in [1.165, 1.54) is 7.11 Å². The molecule has 7 heteroatoms. The lowest BCUT2D eigenvalue weighted by molar-refractivity contribution is 0.0302. The third kappa shape index (κ3) is 4.13. The molecule has 0 saturated carbocycles. The molecule has 1 saturated heterocycles. The van der Waals surface area contributed by atoms with E-state index in [1.54, 1.807) is 47.6 Å². The minimum Gasteiger partial charge on any atom is -0.465 e. The lowest BCUT2D eigenvalue weighted by Gasteiger charge is -2.26. The summed E-state index contributed by atoms with van der Waals surface area (Å²) >= 11 is 0. The number of benzene rings is 1. The zero-order valence-electron chi connectivity index (χ0n) is 13.9. The fourth-order valence-corrected chi connectivity index (χ4v) is 2.55. The van der Waals surface area contributed by atoms with Gasteiger partial charge in [-0.2, -0.15) is 0 Å². The molecule has 1 amide bonds. The van der Waals surface area contributed by atoms with Gasteiger partial charge in [0.25, 0.3) is 5.91 Å². The van der Waals surface area contributed by atoms with Crippen LogP contribution >= 0.6 is 0 Å². The summed E-state index contributed by atoms with van der Waals surface area (Å²) < 4.78 is 9.94. The fraction of sp³-hybridized carbons (Fsp3) is 0.278. The first-order chi connectivity index (χ1) is 12.2. The standard InChI is InChI=1S/C18H19N3O4/c1-24-18(23)13-2-4-15(5-3-13)20-16-10-14(11-19-12-16)17(22)21-6-8-25-9-7-21/h2-5,10-12,20H,6-9H2,1H3. The lowest BCUT2D eigenvalue weighted by atomic mass is 10.2. The molecular weight excluding hydrogens is 322 g/mol. The Bertz CT molecular complexity index is 755. The van der Waals surface area contributed by atoms with Gasteiger partial charge in [-0.15, -0.1) is 0 Å². The smallest absolute Gasteiger partial charge is 0.337 e. The third-order valence-corrected chi connectivity index (χ3v) is 3.88. The van der Waals surface area contributed by atoms with E-state index in [0.29, 0.717) is 43.1 Å². The van der Waals surface area contributed by atoms with E-state index in [2.05, 4.69) is 15.0 Å². The van der Waals surface area contributed by atoms with Gasteiger partial charge in [-0.05, 0) is 30.3 Å². The summed E-state index contributed by atoms with van der Waals surface area (Å²) in [5, 5.41) is 3.18. The quantitative estimate of drug-likeness (QED) is 0.858. The number of nitrogens with one attached hydrogen (secondary N) is 1. The van der Waals surface area contributed by atoms with E-state index in [-0.39, 0.29) is 11.9 Å². The van der Waals surface area contributed by atoms with Crippen molar-refractivity contribution in [1.82, 2.24) is 9.88 Å². The number of hydrogen-bond donors (Lipinski definition) is 1. The molecule has 7 nitrogen and oxygen atoms in total. The van der Waals surface area contributed by atoms with Crippen LogP contribution in [-0.2, 0) is 9.47 Å². The van der Waals surface area contributed by atoms with Crippen molar-refractivity contribution in [3.05, 3.63) is 53.9 Å². The van der Waals surface area contributed by atoms with Gasteiger partial charge in [0.2, 0.25) is 0 Å². The molecule has 1 aliphatic heterocycles. The van der Waals surface area contributed by atoms with Gasteiger partial charge in [0.1, 0.15) is 0 Å². The van der Waals surface area contributed by atoms with Crippen molar-refractivity contribution in [3.63, 3.8) is 0 Å². The number of aromatic nitrogens is 1. The number of amides is 1. The van der Waals surface area contributed by atoms with Gasteiger partial charge >= 0.3 is 5.97 Å². The highest BCUT2D eigenvalue weighted by Gasteiger charge is 2.19. The summed E-state index contributed by atoms with van der Waals surface area (Å²) in [6.45, 7) is 2.30. The van der Waals surface area contributed by atoms with Crippen LogP contribution in [0, 0.1) is 0 Å². The second kappa shape index (κ2) is 7.76. The maximum Gasteiger partial charge on any atom is 0.337 e. The number of pyridine rings is 1. The largest absolute Gasteiger partial charge is 0.465 e. The van der Waals surface area contributed by atoms with Crippen molar-refractivity contribution >= 4 is 23.3 Å². The van der Waals surface area contributed by atoms with Crippen molar-refractivity contribution < 1.29 is 19.1 Å². The zero-order chi connectivity index (χ0) is 17.6. The van der Waals surface area contributed by atoms with E-state index in [4.69, 9.17) is 4.74 Å². The van der Waals surface area contributed by atoms with E-state index in [1.807, 2.05) is 0 Å². The topological polar surface area (TPSA) is 80.8 Å². The molecule has 2 aromatic rings. The number of methoxy groups -OCH3 is 1. The molecule has 1 N–H and O–H groups in total. The van der Waals surface area contributed by atoms with E-state index < -0.39 is 0 Å². The molecule has 25 heavy (non-hydrogen) atoms. The van der Waals surface area contributed by atoms with Crippen LogP contribution in [0.5, 0.6) is 0 Å². The van der Waals surface area contributed by atoms with Crippen molar-refractivity contribution in [3.8, 4) is 0 Å². The molecule has 130 valence electrons. The fourth-order valence-electron chi connectivity index (χ4n) is 2.55. The summed E-state index contributed by atoms with van der Waals surface area (Å²) in [7, 11) is 1.34. The average molecular weight is 341 g/mol. The highest BCUT2D eigenvalue weighted by molar-refractivity contribution is 5.95. The van der Waals surface area contributed by atoms with Crippen LogP contribution in [0.1, 0.15) is 20.7 Å². The Kier molecular flexibility index (Phi) is 5.25. The molecule has 0 radical (unpaired) electrons. The number of ether oxygens (including phenoxy) is 2.